The van der Waals surface area contributed by atoms with Crippen LogP contribution < -0.4 is 10.1 Å². The summed E-state index contributed by atoms with van der Waals surface area (Å²) < 4.78 is 6.00. The fraction of sp³-hybridized carbons (Fsp3) is 0.455. The van der Waals surface area contributed by atoms with E-state index in [2.05, 4.69) is 37.4 Å². The Kier molecular flexibility index (Phi) is 6.11. The zero-order chi connectivity index (χ0) is 17.6. The highest BCUT2D eigenvalue weighted by atomic mass is 16.5. The van der Waals surface area contributed by atoms with Crippen molar-refractivity contribution in [2.75, 3.05) is 6.54 Å². The third-order valence-corrected chi connectivity index (χ3v) is 5.22. The molecule has 25 heavy (non-hydrogen) atoms. The van der Waals surface area contributed by atoms with Crippen LogP contribution in [0.4, 0.5) is 0 Å². The minimum absolute atomic E-state index is 0.106. The minimum Gasteiger partial charge on any atom is -0.488 e. The molecular weight excluding hydrogens is 310 g/mol. The molecule has 2 N–H and O–H groups in total. The van der Waals surface area contributed by atoms with Crippen LogP contribution in [-0.2, 0) is 6.42 Å². The fourth-order valence-corrected chi connectivity index (χ4v) is 3.53. The van der Waals surface area contributed by atoms with Gasteiger partial charge in [-0.3, -0.25) is 0 Å². The quantitative estimate of drug-likeness (QED) is 0.841. The molecule has 1 aliphatic rings. The van der Waals surface area contributed by atoms with Crippen LogP contribution in [0.15, 0.2) is 48.5 Å². The van der Waals surface area contributed by atoms with Crippen LogP contribution in [0.5, 0.6) is 5.75 Å². The standard InChI is InChI=1S/C22H29NO2/c1-16-11-12-18(15-17(16)2)13-14-23-20-9-6-10-21(22(20)24)25-19-7-4-3-5-8-19/h3-5,7-8,11-12,15,20-24H,6,9-10,13-14H2,1-2H3/t20-,21+,22+/m0/s1. The molecule has 1 saturated carbocycles. The number of para-hydroxylation sites is 1. The third kappa shape index (κ3) is 4.83. The molecule has 0 bridgehead atoms. The Labute approximate surface area is 151 Å². The zero-order valence-electron chi connectivity index (χ0n) is 15.2. The summed E-state index contributed by atoms with van der Waals surface area (Å²) in [7, 11) is 0. The molecule has 0 amide bonds. The van der Waals surface area contributed by atoms with E-state index in [0.29, 0.717) is 0 Å². The summed E-state index contributed by atoms with van der Waals surface area (Å²) in [6.07, 6.45) is 3.38. The minimum atomic E-state index is -0.464. The molecule has 3 nitrogen and oxygen atoms in total. The van der Waals surface area contributed by atoms with E-state index in [9.17, 15) is 5.11 Å². The average molecular weight is 339 g/mol. The van der Waals surface area contributed by atoms with Crippen LogP contribution in [0.1, 0.15) is 36.0 Å². The molecule has 134 valence electrons. The lowest BCUT2D eigenvalue weighted by atomic mass is 9.89. The van der Waals surface area contributed by atoms with Gasteiger partial charge in [0.2, 0.25) is 0 Å². The van der Waals surface area contributed by atoms with Gasteiger partial charge >= 0.3 is 0 Å². The number of ether oxygens (including phenoxy) is 1. The van der Waals surface area contributed by atoms with Crippen LogP contribution in [0, 0.1) is 13.8 Å². The summed E-state index contributed by atoms with van der Waals surface area (Å²) in [5, 5.41) is 14.2. The van der Waals surface area contributed by atoms with Crippen molar-refractivity contribution in [1.29, 1.82) is 0 Å². The molecular formula is C22H29NO2. The molecule has 0 saturated heterocycles. The van der Waals surface area contributed by atoms with Crippen LogP contribution in [0.3, 0.4) is 0 Å². The van der Waals surface area contributed by atoms with E-state index in [-0.39, 0.29) is 12.1 Å². The number of hydrogen-bond acceptors (Lipinski definition) is 3. The van der Waals surface area contributed by atoms with Gasteiger partial charge in [0.25, 0.3) is 0 Å². The second kappa shape index (κ2) is 8.50. The first-order chi connectivity index (χ1) is 12.1. The molecule has 1 aliphatic carbocycles. The molecule has 0 radical (unpaired) electrons. The van der Waals surface area contributed by atoms with Crippen molar-refractivity contribution < 1.29 is 9.84 Å². The molecule has 3 atom stereocenters. The molecule has 2 aromatic carbocycles. The zero-order valence-corrected chi connectivity index (χ0v) is 15.2. The first-order valence-corrected chi connectivity index (χ1v) is 9.33. The summed E-state index contributed by atoms with van der Waals surface area (Å²) in [5.41, 5.74) is 4.02. The van der Waals surface area contributed by atoms with E-state index in [1.165, 1.54) is 16.7 Å². The van der Waals surface area contributed by atoms with Crippen molar-refractivity contribution in [3.8, 4) is 5.75 Å². The van der Waals surface area contributed by atoms with E-state index in [1.54, 1.807) is 0 Å². The third-order valence-electron chi connectivity index (χ3n) is 5.22. The molecule has 2 aromatic rings. The maximum Gasteiger partial charge on any atom is 0.126 e. The van der Waals surface area contributed by atoms with Crippen molar-refractivity contribution in [2.45, 2.75) is 57.8 Å². The van der Waals surface area contributed by atoms with Gasteiger partial charge in [-0.1, -0.05) is 36.4 Å². The molecule has 0 aromatic heterocycles. The first kappa shape index (κ1) is 18.0. The van der Waals surface area contributed by atoms with E-state index < -0.39 is 6.10 Å². The van der Waals surface area contributed by atoms with E-state index in [4.69, 9.17) is 4.74 Å². The lowest BCUT2D eigenvalue weighted by Gasteiger charge is -2.35. The molecule has 0 heterocycles. The van der Waals surface area contributed by atoms with Crippen LogP contribution in [0.25, 0.3) is 0 Å². The number of aliphatic hydroxyl groups excluding tert-OH is 1. The highest BCUT2D eigenvalue weighted by molar-refractivity contribution is 5.30. The van der Waals surface area contributed by atoms with Gasteiger partial charge in [0.15, 0.2) is 0 Å². The summed E-state index contributed by atoms with van der Waals surface area (Å²) in [4.78, 5) is 0. The fourth-order valence-electron chi connectivity index (χ4n) is 3.53. The Hall–Kier alpha value is -1.84. The topological polar surface area (TPSA) is 41.5 Å². The summed E-state index contributed by atoms with van der Waals surface area (Å²) in [6.45, 7) is 5.17. The van der Waals surface area contributed by atoms with Crippen molar-refractivity contribution in [3.63, 3.8) is 0 Å². The van der Waals surface area contributed by atoms with Crippen LogP contribution >= 0.6 is 0 Å². The smallest absolute Gasteiger partial charge is 0.126 e. The monoisotopic (exact) mass is 339 g/mol. The lowest BCUT2D eigenvalue weighted by molar-refractivity contribution is -0.0151. The first-order valence-electron chi connectivity index (χ1n) is 9.33. The van der Waals surface area contributed by atoms with Crippen molar-refractivity contribution in [2.24, 2.45) is 0 Å². The van der Waals surface area contributed by atoms with E-state index in [0.717, 1.165) is 38.0 Å². The Morgan fingerprint density at radius 2 is 1.84 bits per heavy atom. The number of benzene rings is 2. The van der Waals surface area contributed by atoms with E-state index >= 15 is 0 Å². The Balaban J connectivity index is 1.51. The van der Waals surface area contributed by atoms with Gasteiger partial charge in [0, 0.05) is 6.04 Å². The maximum atomic E-state index is 10.7. The van der Waals surface area contributed by atoms with Gasteiger partial charge in [0.1, 0.15) is 18.0 Å². The number of aliphatic hydroxyl groups is 1. The Morgan fingerprint density at radius 3 is 2.60 bits per heavy atom. The maximum absolute atomic E-state index is 10.7. The normalized spacial score (nSPS) is 23.4. The van der Waals surface area contributed by atoms with Gasteiger partial charge in [-0.15, -0.1) is 0 Å². The van der Waals surface area contributed by atoms with Gasteiger partial charge < -0.3 is 15.2 Å². The number of aryl methyl sites for hydroxylation is 2. The van der Waals surface area contributed by atoms with Gasteiger partial charge in [0.05, 0.1) is 0 Å². The van der Waals surface area contributed by atoms with Crippen molar-refractivity contribution >= 4 is 0 Å². The molecule has 3 heteroatoms. The number of nitrogens with one attached hydrogen (secondary N) is 1. The SMILES string of the molecule is Cc1ccc(CCN[C@H]2CCC[C@@H](Oc3ccccc3)[C@@H]2O)cc1C. The largest absolute Gasteiger partial charge is 0.488 e. The molecule has 0 spiro atoms. The van der Waals surface area contributed by atoms with Crippen molar-refractivity contribution in [1.82, 2.24) is 5.32 Å². The summed E-state index contributed by atoms with van der Waals surface area (Å²) >= 11 is 0. The highest BCUT2D eigenvalue weighted by Gasteiger charge is 2.32. The second-order valence-electron chi connectivity index (χ2n) is 7.12. The summed E-state index contributed by atoms with van der Waals surface area (Å²) in [6, 6.07) is 16.5. The molecule has 0 aliphatic heterocycles. The number of hydrogen-bond donors (Lipinski definition) is 2. The van der Waals surface area contributed by atoms with Gasteiger partial charge in [-0.2, -0.15) is 0 Å². The van der Waals surface area contributed by atoms with Crippen LogP contribution in [-0.4, -0.2) is 29.9 Å². The molecule has 1 fully saturated rings. The second-order valence-corrected chi connectivity index (χ2v) is 7.12. The predicted molar refractivity (Wildman–Crippen MR) is 102 cm³/mol. The number of rotatable bonds is 6. The highest BCUT2D eigenvalue weighted by Crippen LogP contribution is 2.24. The van der Waals surface area contributed by atoms with Gasteiger partial charge in [-0.25, -0.2) is 0 Å². The van der Waals surface area contributed by atoms with Crippen LogP contribution in [0.2, 0.25) is 0 Å². The van der Waals surface area contributed by atoms with Crippen molar-refractivity contribution in [3.05, 3.63) is 65.2 Å². The lowest BCUT2D eigenvalue weighted by Crippen LogP contribution is -2.51. The van der Waals surface area contributed by atoms with E-state index in [1.807, 2.05) is 30.3 Å². The Bertz CT molecular complexity index is 671. The van der Waals surface area contributed by atoms with Gasteiger partial charge in [-0.05, 0) is 74.9 Å². The predicted octanol–water partition coefficient (Wildman–Crippen LogP) is 3.80. The molecule has 0 unspecified atom stereocenters. The Morgan fingerprint density at radius 1 is 1.04 bits per heavy atom. The average Bonchev–Trinajstić information content (AvgIpc) is 2.62. The summed E-state index contributed by atoms with van der Waals surface area (Å²) in [5.74, 6) is 0.835. The molecule has 3 rings (SSSR count).